The Hall–Kier alpha value is -4.19. The maximum Gasteiger partial charge on any atom is 0.348 e. The van der Waals surface area contributed by atoms with Crippen LogP contribution in [0.4, 0.5) is 0 Å². The number of ether oxygens (including phenoxy) is 1. The van der Waals surface area contributed by atoms with Gasteiger partial charge in [-0.1, -0.05) is 84.0 Å². The molecule has 1 aliphatic heterocycles. The van der Waals surface area contributed by atoms with Gasteiger partial charge in [0.2, 0.25) is 0 Å². The van der Waals surface area contributed by atoms with E-state index in [0.717, 1.165) is 27.8 Å². The number of aryl methyl sites for hydroxylation is 2. The first-order valence-electron chi connectivity index (χ1n) is 12.5. The second-order valence-electron chi connectivity index (χ2n) is 9.62. The zero-order chi connectivity index (χ0) is 26.2. The van der Waals surface area contributed by atoms with E-state index in [-0.39, 0.29) is 13.0 Å². The molecule has 37 heavy (non-hydrogen) atoms. The molecule has 3 aromatic carbocycles. The SMILES string of the molecule is CCOC(=O)C1=C(N)CC(c2ccccc2C)C2(C(=O)ON=C2c2ccccc2)C1c1ccccc1C. The van der Waals surface area contributed by atoms with E-state index >= 15 is 0 Å². The van der Waals surface area contributed by atoms with Crippen LogP contribution in [-0.2, 0) is 19.2 Å². The fourth-order valence-electron chi connectivity index (χ4n) is 5.99. The molecule has 6 nitrogen and oxygen atoms in total. The molecule has 3 unspecified atom stereocenters. The van der Waals surface area contributed by atoms with Gasteiger partial charge in [0.1, 0.15) is 11.1 Å². The lowest BCUT2D eigenvalue weighted by molar-refractivity contribution is -0.150. The van der Waals surface area contributed by atoms with E-state index in [1.807, 2.05) is 92.7 Å². The van der Waals surface area contributed by atoms with Crippen LogP contribution in [0.25, 0.3) is 0 Å². The zero-order valence-electron chi connectivity index (χ0n) is 21.2. The summed E-state index contributed by atoms with van der Waals surface area (Å²) >= 11 is 0. The quantitative estimate of drug-likeness (QED) is 0.384. The second kappa shape index (κ2) is 9.69. The van der Waals surface area contributed by atoms with Crippen LogP contribution in [-0.4, -0.2) is 24.3 Å². The van der Waals surface area contributed by atoms with Gasteiger partial charge in [-0.15, -0.1) is 0 Å². The maximum atomic E-state index is 14.2. The van der Waals surface area contributed by atoms with E-state index in [9.17, 15) is 9.59 Å². The molecule has 0 saturated heterocycles. The number of nitrogens with two attached hydrogens (primary N) is 1. The number of nitrogens with zero attached hydrogens (tertiary/aromatic N) is 1. The third-order valence-electron chi connectivity index (χ3n) is 7.62. The van der Waals surface area contributed by atoms with Crippen molar-refractivity contribution in [1.29, 1.82) is 0 Å². The minimum atomic E-state index is -1.34. The molecule has 0 amide bonds. The van der Waals surface area contributed by atoms with Gasteiger partial charge in [-0.25, -0.2) is 9.59 Å². The van der Waals surface area contributed by atoms with Gasteiger partial charge in [0, 0.05) is 23.1 Å². The summed E-state index contributed by atoms with van der Waals surface area (Å²) in [6, 6.07) is 25.3. The van der Waals surface area contributed by atoms with Gasteiger partial charge in [0.25, 0.3) is 0 Å². The molecule has 3 aromatic rings. The van der Waals surface area contributed by atoms with Crippen molar-refractivity contribution < 1.29 is 19.2 Å². The number of benzene rings is 3. The lowest BCUT2D eigenvalue weighted by Gasteiger charge is -2.46. The summed E-state index contributed by atoms with van der Waals surface area (Å²) in [5.74, 6) is -2.21. The number of rotatable bonds is 5. The van der Waals surface area contributed by atoms with Crippen LogP contribution in [0, 0.1) is 19.3 Å². The average molecular weight is 495 g/mol. The molecule has 2 aliphatic rings. The van der Waals surface area contributed by atoms with Crippen molar-refractivity contribution in [2.75, 3.05) is 6.61 Å². The van der Waals surface area contributed by atoms with Gasteiger partial charge in [-0.05, 0) is 49.4 Å². The van der Waals surface area contributed by atoms with Crippen LogP contribution < -0.4 is 5.73 Å². The molecule has 0 aromatic heterocycles. The maximum absolute atomic E-state index is 14.2. The fourth-order valence-corrected chi connectivity index (χ4v) is 5.99. The average Bonchev–Trinajstić information content (AvgIpc) is 3.23. The van der Waals surface area contributed by atoms with E-state index in [1.54, 1.807) is 6.92 Å². The number of hydrogen-bond acceptors (Lipinski definition) is 6. The first-order valence-corrected chi connectivity index (χ1v) is 12.5. The normalized spacial score (nSPS) is 23.1. The summed E-state index contributed by atoms with van der Waals surface area (Å²) < 4.78 is 5.52. The summed E-state index contributed by atoms with van der Waals surface area (Å²) in [5, 5.41) is 4.39. The van der Waals surface area contributed by atoms with Gasteiger partial charge >= 0.3 is 11.9 Å². The number of carbonyl (C=O) groups excluding carboxylic acids is 2. The highest BCUT2D eigenvalue weighted by Crippen LogP contribution is 2.61. The molecule has 6 heteroatoms. The number of esters is 1. The molecule has 3 atom stereocenters. The third-order valence-corrected chi connectivity index (χ3v) is 7.62. The molecule has 5 rings (SSSR count). The molecular weight excluding hydrogens is 464 g/mol. The van der Waals surface area contributed by atoms with Crippen molar-refractivity contribution in [2.45, 2.75) is 39.0 Å². The molecule has 1 aliphatic carbocycles. The van der Waals surface area contributed by atoms with Crippen molar-refractivity contribution in [2.24, 2.45) is 16.3 Å². The first kappa shape index (κ1) is 24.5. The Balaban J connectivity index is 1.90. The monoisotopic (exact) mass is 494 g/mol. The van der Waals surface area contributed by atoms with Gasteiger partial charge in [-0.3, -0.25) is 0 Å². The highest BCUT2D eigenvalue weighted by atomic mass is 16.7. The van der Waals surface area contributed by atoms with Crippen LogP contribution >= 0.6 is 0 Å². The van der Waals surface area contributed by atoms with E-state index in [2.05, 4.69) is 5.16 Å². The minimum absolute atomic E-state index is 0.189. The topological polar surface area (TPSA) is 91.0 Å². The molecule has 0 radical (unpaired) electrons. The molecule has 0 bridgehead atoms. The van der Waals surface area contributed by atoms with Crippen LogP contribution in [0.2, 0.25) is 0 Å². The van der Waals surface area contributed by atoms with E-state index in [0.29, 0.717) is 17.0 Å². The summed E-state index contributed by atoms with van der Waals surface area (Å²) in [6.45, 7) is 5.94. The van der Waals surface area contributed by atoms with E-state index in [1.165, 1.54) is 0 Å². The molecule has 1 heterocycles. The molecule has 0 saturated carbocycles. The van der Waals surface area contributed by atoms with Gasteiger partial charge in [-0.2, -0.15) is 0 Å². The number of hydrogen-bond donors (Lipinski definition) is 1. The van der Waals surface area contributed by atoms with Crippen molar-refractivity contribution in [3.05, 3.63) is 118 Å². The predicted molar refractivity (Wildman–Crippen MR) is 142 cm³/mol. The van der Waals surface area contributed by atoms with Gasteiger partial charge < -0.3 is 15.3 Å². The van der Waals surface area contributed by atoms with Crippen molar-refractivity contribution >= 4 is 17.7 Å². The van der Waals surface area contributed by atoms with E-state index in [4.69, 9.17) is 15.3 Å². The zero-order valence-corrected chi connectivity index (χ0v) is 21.2. The van der Waals surface area contributed by atoms with Crippen LogP contribution in [0.3, 0.4) is 0 Å². The molecule has 0 fully saturated rings. The number of carbonyl (C=O) groups is 2. The highest BCUT2D eigenvalue weighted by Gasteiger charge is 2.65. The summed E-state index contributed by atoms with van der Waals surface area (Å²) in [6.07, 6.45) is 0.280. The lowest BCUT2D eigenvalue weighted by atomic mass is 9.52. The van der Waals surface area contributed by atoms with Crippen molar-refractivity contribution in [3.8, 4) is 0 Å². The Kier molecular flexibility index (Phi) is 6.42. The Morgan fingerprint density at radius 2 is 1.57 bits per heavy atom. The number of oxime groups is 1. The Labute approximate surface area is 216 Å². The molecule has 1 spiro atoms. The molecule has 2 N–H and O–H groups in total. The second-order valence-corrected chi connectivity index (χ2v) is 9.62. The highest BCUT2D eigenvalue weighted by molar-refractivity contribution is 6.20. The Morgan fingerprint density at radius 3 is 2.19 bits per heavy atom. The van der Waals surface area contributed by atoms with Gasteiger partial charge in [0.15, 0.2) is 0 Å². The Bertz CT molecular complexity index is 1430. The predicted octanol–water partition coefficient (Wildman–Crippen LogP) is 5.30. The van der Waals surface area contributed by atoms with Crippen LogP contribution in [0.15, 0.2) is 95.3 Å². The minimum Gasteiger partial charge on any atom is -0.463 e. The summed E-state index contributed by atoms with van der Waals surface area (Å²) in [5.41, 5.74) is 11.1. The smallest absolute Gasteiger partial charge is 0.348 e. The Morgan fingerprint density at radius 1 is 0.973 bits per heavy atom. The van der Waals surface area contributed by atoms with Crippen LogP contribution in [0.5, 0.6) is 0 Å². The fraction of sp³-hybridized carbons (Fsp3) is 0.258. The lowest BCUT2D eigenvalue weighted by Crippen LogP contribution is -2.52. The van der Waals surface area contributed by atoms with E-state index < -0.39 is 29.2 Å². The summed E-state index contributed by atoms with van der Waals surface area (Å²) in [7, 11) is 0. The van der Waals surface area contributed by atoms with Gasteiger partial charge in [0.05, 0.1) is 12.2 Å². The number of allylic oxidation sites excluding steroid dienone is 1. The first-order chi connectivity index (χ1) is 17.9. The van der Waals surface area contributed by atoms with Crippen LogP contribution in [0.1, 0.15) is 53.0 Å². The standard InChI is InChI=1S/C31H30N2O4/c1-4-36-29(34)26-25(32)18-24(22-16-10-8-12-19(22)2)31(27(26)23-17-11-9-13-20(23)3)28(33-37-30(31)35)21-14-6-5-7-15-21/h5-17,24,27H,4,18,32H2,1-3H3. The van der Waals surface area contributed by atoms with Crippen molar-refractivity contribution in [1.82, 2.24) is 0 Å². The summed E-state index contributed by atoms with van der Waals surface area (Å²) in [4.78, 5) is 33.3. The molecule has 188 valence electrons. The van der Waals surface area contributed by atoms with Crippen molar-refractivity contribution in [3.63, 3.8) is 0 Å². The third kappa shape index (κ3) is 3.84. The molecular formula is C31H30N2O4. The largest absolute Gasteiger partial charge is 0.463 e.